The molecule has 2 amide bonds. The number of ether oxygens (including phenoxy) is 1. The highest BCUT2D eigenvalue weighted by atomic mass is 79.9. The lowest BCUT2D eigenvalue weighted by atomic mass is 10.1. The van der Waals surface area contributed by atoms with Crippen LogP contribution in [-0.2, 0) is 17.8 Å². The molecule has 0 spiro atoms. The van der Waals surface area contributed by atoms with Crippen LogP contribution in [0.3, 0.4) is 0 Å². The van der Waals surface area contributed by atoms with Crippen molar-refractivity contribution < 1.29 is 13.9 Å². The van der Waals surface area contributed by atoms with Gasteiger partial charge in [0.2, 0.25) is 0 Å². The second kappa shape index (κ2) is 9.59. The summed E-state index contributed by atoms with van der Waals surface area (Å²) in [4.78, 5) is 16.0. The fourth-order valence-electron chi connectivity index (χ4n) is 3.54. The second-order valence-electron chi connectivity index (χ2n) is 7.59. The number of carbonyl (C=O) groups is 1. The van der Waals surface area contributed by atoms with Crippen LogP contribution in [0.1, 0.15) is 25.0 Å². The molecule has 2 atom stereocenters. The Balaban J connectivity index is 1.55. The number of anilines is 1. The molecule has 0 aliphatic carbocycles. The van der Waals surface area contributed by atoms with Crippen LogP contribution in [-0.4, -0.2) is 43.3 Å². The van der Waals surface area contributed by atoms with E-state index < -0.39 is 0 Å². The Morgan fingerprint density at radius 1 is 1.17 bits per heavy atom. The average Bonchev–Trinajstić information content (AvgIpc) is 2.67. The van der Waals surface area contributed by atoms with Crippen LogP contribution in [0.25, 0.3) is 0 Å². The predicted octanol–water partition coefficient (Wildman–Crippen LogP) is 4.54. The quantitative estimate of drug-likeness (QED) is 0.707. The molecule has 0 radical (unpaired) electrons. The van der Waals surface area contributed by atoms with Gasteiger partial charge < -0.3 is 19.9 Å². The van der Waals surface area contributed by atoms with Crippen LogP contribution < -0.4 is 10.2 Å². The molecule has 2 aromatic rings. The van der Waals surface area contributed by atoms with Gasteiger partial charge in [0.25, 0.3) is 0 Å². The minimum Gasteiger partial charge on any atom is -0.372 e. The number of carbonyl (C=O) groups excluding carboxylic acids is 1. The summed E-state index contributed by atoms with van der Waals surface area (Å²) in [6.45, 7) is 6.09. The van der Waals surface area contributed by atoms with E-state index in [9.17, 15) is 9.18 Å². The third kappa shape index (κ3) is 5.93. The molecule has 29 heavy (non-hydrogen) atoms. The monoisotopic (exact) mass is 463 g/mol. The van der Waals surface area contributed by atoms with E-state index in [-0.39, 0.29) is 30.6 Å². The van der Waals surface area contributed by atoms with Gasteiger partial charge in [-0.15, -0.1) is 0 Å². The van der Waals surface area contributed by atoms with E-state index in [0.29, 0.717) is 25.3 Å². The van der Waals surface area contributed by atoms with Crippen molar-refractivity contribution in [2.75, 3.05) is 25.0 Å². The summed E-state index contributed by atoms with van der Waals surface area (Å²) in [5.74, 6) is -0.277. The fourth-order valence-corrected chi connectivity index (χ4v) is 3.80. The van der Waals surface area contributed by atoms with Gasteiger partial charge in [-0.25, -0.2) is 9.18 Å². The molecule has 3 rings (SSSR count). The fraction of sp³-hybridized carbons (Fsp3) is 0.409. The van der Waals surface area contributed by atoms with Crippen LogP contribution in [0.2, 0.25) is 0 Å². The van der Waals surface area contributed by atoms with Crippen LogP contribution >= 0.6 is 15.9 Å². The van der Waals surface area contributed by atoms with Crippen LogP contribution in [0, 0.1) is 5.82 Å². The van der Waals surface area contributed by atoms with Crippen molar-refractivity contribution in [1.29, 1.82) is 0 Å². The van der Waals surface area contributed by atoms with Crippen LogP contribution in [0.5, 0.6) is 0 Å². The van der Waals surface area contributed by atoms with Crippen molar-refractivity contribution in [2.45, 2.75) is 39.1 Å². The van der Waals surface area contributed by atoms with Crippen LogP contribution in [0.15, 0.2) is 46.9 Å². The van der Waals surface area contributed by atoms with Crippen molar-refractivity contribution in [2.24, 2.45) is 0 Å². The highest BCUT2D eigenvalue weighted by molar-refractivity contribution is 9.10. The SMILES string of the molecule is CC1CN(c2ccc(CNC(=O)N(C)Cc3ccc(Br)cc3)cc2F)CC(C)O1. The lowest BCUT2D eigenvalue weighted by molar-refractivity contribution is -0.00539. The lowest BCUT2D eigenvalue weighted by Gasteiger charge is -2.37. The Labute approximate surface area is 180 Å². The maximum absolute atomic E-state index is 14.7. The lowest BCUT2D eigenvalue weighted by Crippen LogP contribution is -2.45. The Kier molecular flexibility index (Phi) is 7.14. The molecule has 2 unspecified atom stereocenters. The smallest absolute Gasteiger partial charge is 0.317 e. The summed E-state index contributed by atoms with van der Waals surface area (Å²) in [5.41, 5.74) is 2.34. The van der Waals surface area contributed by atoms with Gasteiger partial charge in [-0.3, -0.25) is 0 Å². The van der Waals surface area contributed by atoms with Gasteiger partial charge in [-0.1, -0.05) is 34.1 Å². The topological polar surface area (TPSA) is 44.8 Å². The minimum atomic E-state index is -0.277. The van der Waals surface area contributed by atoms with Gasteiger partial charge in [-0.2, -0.15) is 0 Å². The standard InChI is InChI=1S/C22H27BrFN3O2/c1-15-12-27(13-16(2)29-15)21-9-6-18(10-20(21)24)11-25-22(28)26(3)14-17-4-7-19(23)8-5-17/h4-10,15-16H,11-14H2,1-3H3,(H,25,28). The van der Waals surface area contributed by atoms with E-state index in [2.05, 4.69) is 21.2 Å². The number of nitrogens with one attached hydrogen (secondary N) is 1. The second-order valence-corrected chi connectivity index (χ2v) is 8.50. The summed E-state index contributed by atoms with van der Waals surface area (Å²) in [5, 5.41) is 2.85. The summed E-state index contributed by atoms with van der Waals surface area (Å²) < 4.78 is 21.4. The third-order valence-corrected chi connectivity index (χ3v) is 5.42. The summed E-state index contributed by atoms with van der Waals surface area (Å²) in [6.07, 6.45) is 0.136. The molecule has 156 valence electrons. The zero-order valence-corrected chi connectivity index (χ0v) is 18.6. The third-order valence-electron chi connectivity index (χ3n) is 4.90. The van der Waals surface area contributed by atoms with Crippen molar-refractivity contribution in [3.63, 3.8) is 0 Å². The molecule has 2 aromatic carbocycles. The Bertz CT molecular complexity index is 836. The van der Waals surface area contributed by atoms with Crippen LogP contribution in [0.4, 0.5) is 14.9 Å². The van der Waals surface area contributed by atoms with Crippen molar-refractivity contribution in [1.82, 2.24) is 10.2 Å². The largest absolute Gasteiger partial charge is 0.372 e. The number of urea groups is 1. The molecule has 5 nitrogen and oxygen atoms in total. The molecule has 0 aromatic heterocycles. The van der Waals surface area contributed by atoms with E-state index in [1.165, 1.54) is 6.07 Å². The normalized spacial score (nSPS) is 19.1. The molecule has 1 saturated heterocycles. The molecule has 1 aliphatic rings. The van der Waals surface area contributed by atoms with E-state index in [0.717, 1.165) is 15.6 Å². The number of halogens is 2. The number of hydrogen-bond donors (Lipinski definition) is 1. The number of nitrogens with zero attached hydrogens (tertiary/aromatic N) is 2. The number of rotatable bonds is 5. The molecule has 1 heterocycles. The molecule has 1 aliphatic heterocycles. The van der Waals surface area contributed by atoms with Gasteiger partial charge in [0.15, 0.2) is 0 Å². The Morgan fingerprint density at radius 3 is 2.41 bits per heavy atom. The van der Waals surface area contributed by atoms with Gasteiger partial charge in [0.1, 0.15) is 5.82 Å². The first kappa shape index (κ1) is 21.6. The van der Waals surface area contributed by atoms with Crippen molar-refractivity contribution >= 4 is 27.6 Å². The summed E-state index contributed by atoms with van der Waals surface area (Å²) >= 11 is 3.40. The van der Waals surface area contributed by atoms with Gasteiger partial charge in [0, 0.05) is 37.7 Å². The minimum absolute atomic E-state index is 0.0679. The molecule has 7 heteroatoms. The first-order valence-corrected chi connectivity index (χ1v) is 10.5. The first-order valence-electron chi connectivity index (χ1n) is 9.74. The highest BCUT2D eigenvalue weighted by Crippen LogP contribution is 2.24. The van der Waals surface area contributed by atoms with E-state index in [4.69, 9.17) is 4.74 Å². The maximum atomic E-state index is 14.7. The maximum Gasteiger partial charge on any atom is 0.317 e. The summed E-state index contributed by atoms with van der Waals surface area (Å²) in [7, 11) is 1.74. The first-order chi connectivity index (χ1) is 13.8. The number of benzene rings is 2. The number of morpholine rings is 1. The molecule has 1 N–H and O–H groups in total. The van der Waals surface area contributed by atoms with Crippen molar-refractivity contribution in [3.8, 4) is 0 Å². The predicted molar refractivity (Wildman–Crippen MR) is 116 cm³/mol. The highest BCUT2D eigenvalue weighted by Gasteiger charge is 2.24. The van der Waals surface area contributed by atoms with Gasteiger partial charge in [-0.05, 0) is 49.2 Å². The average molecular weight is 464 g/mol. The molecular weight excluding hydrogens is 437 g/mol. The Morgan fingerprint density at radius 2 is 1.79 bits per heavy atom. The van der Waals surface area contributed by atoms with E-state index >= 15 is 0 Å². The number of amides is 2. The van der Waals surface area contributed by atoms with Gasteiger partial charge in [0.05, 0.1) is 17.9 Å². The molecule has 1 fully saturated rings. The molecule has 0 bridgehead atoms. The zero-order valence-electron chi connectivity index (χ0n) is 17.0. The molecule has 0 saturated carbocycles. The Hall–Kier alpha value is -2.12. The summed E-state index contributed by atoms with van der Waals surface area (Å²) in [6, 6.07) is 12.8. The van der Waals surface area contributed by atoms with Crippen molar-refractivity contribution in [3.05, 3.63) is 63.9 Å². The number of hydrogen-bond acceptors (Lipinski definition) is 3. The molecular formula is C22H27BrFN3O2. The van der Waals surface area contributed by atoms with E-state index in [1.807, 2.05) is 49.1 Å². The van der Waals surface area contributed by atoms with E-state index in [1.54, 1.807) is 18.0 Å². The van der Waals surface area contributed by atoms with Gasteiger partial charge >= 0.3 is 6.03 Å². The zero-order chi connectivity index (χ0) is 21.0.